The molecule has 6 heteroatoms. The largest absolute Gasteiger partial charge is 0.508 e. The van der Waals surface area contributed by atoms with E-state index in [0.717, 1.165) is 49.0 Å². The van der Waals surface area contributed by atoms with Gasteiger partial charge in [0.2, 0.25) is 0 Å². The van der Waals surface area contributed by atoms with Crippen LogP contribution in [0.5, 0.6) is 5.75 Å². The number of hydrogen-bond acceptors (Lipinski definition) is 5. The van der Waals surface area contributed by atoms with Crippen molar-refractivity contribution >= 4 is 21.6 Å². The Kier molecular flexibility index (Phi) is 9.19. The maximum Gasteiger partial charge on any atom is 0.305 e. The molecule has 3 N–H and O–H groups in total. The number of aromatic amines is 1. The van der Waals surface area contributed by atoms with Gasteiger partial charge in [0.1, 0.15) is 5.75 Å². The van der Waals surface area contributed by atoms with E-state index >= 15 is 0 Å². The minimum atomic E-state index is 0.0208. The van der Waals surface area contributed by atoms with Crippen LogP contribution < -0.4 is 10.2 Å². The second kappa shape index (κ2) is 12.5. The first-order chi connectivity index (χ1) is 16.6. The average Bonchev–Trinajstić information content (AvgIpc) is 3.21. The fraction of sp³-hybridized carbons (Fsp3) is 0.536. The number of nitrogens with zero attached hydrogens (tertiary/aromatic N) is 1. The minimum absolute atomic E-state index is 0.0208. The first-order valence-electron chi connectivity index (χ1n) is 13.0. The minimum Gasteiger partial charge on any atom is -0.508 e. The number of nitrogens with one attached hydrogen (secondary N) is 2. The van der Waals surface area contributed by atoms with Crippen molar-refractivity contribution in [2.24, 2.45) is 0 Å². The van der Waals surface area contributed by atoms with Crippen LogP contribution in [0.15, 0.2) is 41.2 Å². The van der Waals surface area contributed by atoms with E-state index in [1.165, 1.54) is 73.2 Å². The van der Waals surface area contributed by atoms with Crippen LogP contribution in [0, 0.1) is 0 Å². The van der Waals surface area contributed by atoms with Crippen LogP contribution in [0.4, 0.5) is 0 Å². The molecule has 0 radical (unpaired) electrons. The molecule has 3 aromatic rings. The third kappa shape index (κ3) is 6.71. The lowest BCUT2D eigenvalue weighted by atomic mass is 9.86. The summed E-state index contributed by atoms with van der Waals surface area (Å²) < 4.78 is 1.05. The fourth-order valence-corrected chi connectivity index (χ4v) is 6.07. The monoisotopic (exact) mass is 481 g/mol. The summed E-state index contributed by atoms with van der Waals surface area (Å²) in [5, 5.41) is 13.7. The van der Waals surface area contributed by atoms with E-state index in [0.29, 0.717) is 11.8 Å². The number of aromatic hydroxyl groups is 1. The topological polar surface area (TPSA) is 68.4 Å². The summed E-state index contributed by atoms with van der Waals surface area (Å²) in [7, 11) is 0. The molecule has 0 bridgehead atoms. The van der Waals surface area contributed by atoms with E-state index in [-0.39, 0.29) is 4.87 Å². The predicted octanol–water partition coefficient (Wildman–Crippen LogP) is 5.26. The van der Waals surface area contributed by atoms with E-state index in [9.17, 15) is 9.90 Å². The number of aromatic nitrogens is 1. The molecule has 2 aromatic carbocycles. The van der Waals surface area contributed by atoms with Crippen molar-refractivity contribution in [3.05, 3.63) is 62.8 Å². The molecule has 0 spiro atoms. The molecule has 1 aliphatic rings. The summed E-state index contributed by atoms with van der Waals surface area (Å²) >= 11 is 1.29. The summed E-state index contributed by atoms with van der Waals surface area (Å²) in [5.41, 5.74) is 4.74. The van der Waals surface area contributed by atoms with Crippen LogP contribution in [-0.4, -0.2) is 47.2 Å². The number of phenolic OH excluding ortho intramolecular Hbond substituents is 1. The number of phenols is 1. The number of benzene rings is 2. The highest BCUT2D eigenvalue weighted by atomic mass is 32.1. The van der Waals surface area contributed by atoms with Crippen LogP contribution in [0.2, 0.25) is 0 Å². The lowest BCUT2D eigenvalue weighted by Crippen LogP contribution is -2.40. The standard InChI is InChI=1S/C28H39N3O2S/c1-2-17-31(23-11-12-24-22(20-23)8-7-9-26(24)32)18-6-4-3-5-15-29-16-14-21-10-13-25-27(19-21)34-28(33)30-25/h7-10,13,19,23,29,32H,2-6,11-12,14-18,20H2,1H3,(H,30,33)/t23-/m0/s1. The second-order valence-corrected chi connectivity index (χ2v) is 10.6. The highest BCUT2D eigenvalue weighted by Gasteiger charge is 2.24. The Morgan fingerprint density at radius 3 is 2.88 bits per heavy atom. The molecular formula is C28H39N3O2S. The molecule has 0 amide bonds. The molecule has 0 aliphatic heterocycles. The van der Waals surface area contributed by atoms with E-state index in [1.807, 2.05) is 18.2 Å². The van der Waals surface area contributed by atoms with Gasteiger partial charge >= 0.3 is 4.87 Å². The maximum absolute atomic E-state index is 11.5. The first-order valence-corrected chi connectivity index (χ1v) is 13.8. The van der Waals surface area contributed by atoms with Gasteiger partial charge in [-0.3, -0.25) is 4.79 Å². The number of unbranched alkanes of at least 4 members (excludes halogenated alkanes) is 3. The van der Waals surface area contributed by atoms with Gasteiger partial charge in [0, 0.05) is 6.04 Å². The molecule has 1 atom stereocenters. The molecule has 1 aliphatic carbocycles. The summed E-state index contributed by atoms with van der Waals surface area (Å²) in [6, 6.07) is 12.9. The number of hydrogen-bond donors (Lipinski definition) is 3. The molecule has 0 unspecified atom stereocenters. The Morgan fingerprint density at radius 2 is 2.00 bits per heavy atom. The van der Waals surface area contributed by atoms with Crippen molar-refractivity contribution in [3.63, 3.8) is 0 Å². The molecule has 1 aromatic heterocycles. The number of H-pyrrole nitrogens is 1. The molecule has 5 nitrogen and oxygen atoms in total. The van der Waals surface area contributed by atoms with Gasteiger partial charge in [0.05, 0.1) is 10.2 Å². The molecule has 34 heavy (non-hydrogen) atoms. The second-order valence-electron chi connectivity index (χ2n) is 9.61. The molecule has 0 saturated carbocycles. The summed E-state index contributed by atoms with van der Waals surface area (Å²) in [5.74, 6) is 0.478. The van der Waals surface area contributed by atoms with E-state index in [4.69, 9.17) is 0 Å². The lowest BCUT2D eigenvalue weighted by Gasteiger charge is -2.35. The number of thiazole rings is 1. The van der Waals surface area contributed by atoms with Gasteiger partial charge in [-0.1, -0.05) is 49.3 Å². The average molecular weight is 482 g/mol. The van der Waals surface area contributed by atoms with Crippen molar-refractivity contribution in [3.8, 4) is 5.75 Å². The quantitative estimate of drug-likeness (QED) is 0.291. The molecule has 0 saturated heterocycles. The Balaban J connectivity index is 1.09. The van der Waals surface area contributed by atoms with Gasteiger partial charge in [-0.15, -0.1) is 0 Å². The van der Waals surface area contributed by atoms with Crippen molar-refractivity contribution in [2.75, 3.05) is 26.2 Å². The molecule has 0 fully saturated rings. The van der Waals surface area contributed by atoms with Crippen molar-refractivity contribution in [2.45, 2.75) is 70.8 Å². The predicted molar refractivity (Wildman–Crippen MR) is 143 cm³/mol. The Morgan fingerprint density at radius 1 is 1.12 bits per heavy atom. The molecule has 4 rings (SSSR count). The summed E-state index contributed by atoms with van der Waals surface area (Å²) in [4.78, 5) is 17.0. The van der Waals surface area contributed by atoms with E-state index in [1.54, 1.807) is 0 Å². The van der Waals surface area contributed by atoms with Crippen LogP contribution in [-0.2, 0) is 19.3 Å². The summed E-state index contributed by atoms with van der Waals surface area (Å²) in [6.07, 6.45) is 10.5. The zero-order chi connectivity index (χ0) is 23.8. The van der Waals surface area contributed by atoms with Crippen LogP contribution in [0.25, 0.3) is 10.2 Å². The van der Waals surface area contributed by atoms with Crippen molar-refractivity contribution in [1.29, 1.82) is 0 Å². The highest BCUT2D eigenvalue weighted by molar-refractivity contribution is 7.16. The van der Waals surface area contributed by atoms with Gasteiger partial charge in [-0.2, -0.15) is 0 Å². The molecule has 184 valence electrons. The third-order valence-electron chi connectivity index (χ3n) is 7.08. The van der Waals surface area contributed by atoms with E-state index < -0.39 is 0 Å². The molecular weight excluding hydrogens is 442 g/mol. The van der Waals surface area contributed by atoms with Gasteiger partial charge in [-0.05, 0) is 106 Å². The van der Waals surface area contributed by atoms with Gasteiger partial charge in [-0.25, -0.2) is 0 Å². The summed E-state index contributed by atoms with van der Waals surface area (Å²) in [6.45, 7) is 6.69. The normalized spacial score (nSPS) is 15.8. The van der Waals surface area contributed by atoms with E-state index in [2.05, 4.69) is 40.3 Å². The van der Waals surface area contributed by atoms with Crippen LogP contribution >= 0.6 is 11.3 Å². The third-order valence-corrected chi connectivity index (χ3v) is 7.93. The maximum atomic E-state index is 11.5. The zero-order valence-corrected chi connectivity index (χ0v) is 21.3. The number of rotatable bonds is 13. The molecule has 1 heterocycles. The van der Waals surface area contributed by atoms with Crippen molar-refractivity contribution < 1.29 is 5.11 Å². The van der Waals surface area contributed by atoms with Crippen LogP contribution in [0.1, 0.15) is 62.1 Å². The van der Waals surface area contributed by atoms with Gasteiger partial charge in [0.25, 0.3) is 0 Å². The first kappa shape index (κ1) is 25.0. The Bertz CT molecular complexity index is 1110. The smallest absolute Gasteiger partial charge is 0.305 e. The fourth-order valence-electron chi connectivity index (χ4n) is 5.27. The van der Waals surface area contributed by atoms with Gasteiger partial charge in [0.15, 0.2) is 0 Å². The zero-order valence-electron chi connectivity index (χ0n) is 20.4. The van der Waals surface area contributed by atoms with Crippen LogP contribution in [0.3, 0.4) is 0 Å². The number of fused-ring (bicyclic) bond motifs is 2. The highest BCUT2D eigenvalue weighted by Crippen LogP contribution is 2.30. The Labute approximate surface area is 207 Å². The lowest BCUT2D eigenvalue weighted by molar-refractivity contribution is 0.175. The SMILES string of the molecule is CCCN(CCCCCCNCCc1ccc2[nH]c(=O)sc2c1)[C@H]1CCc2c(O)cccc2C1. The van der Waals surface area contributed by atoms with Crippen molar-refractivity contribution in [1.82, 2.24) is 15.2 Å². The van der Waals surface area contributed by atoms with Gasteiger partial charge < -0.3 is 20.3 Å². The Hall–Kier alpha value is -2.15.